The van der Waals surface area contributed by atoms with E-state index in [0.29, 0.717) is 5.56 Å². The Morgan fingerprint density at radius 2 is 1.82 bits per heavy atom. The number of Topliss-reactive ketones (excluding diaryl/α,β-unsaturated/α-hetero) is 1. The minimum atomic E-state index is -3.64. The minimum absolute atomic E-state index is 0.177. The van der Waals surface area contributed by atoms with E-state index < -0.39 is 10.0 Å². The summed E-state index contributed by atoms with van der Waals surface area (Å²) in [6.07, 6.45) is 0.873. The monoisotopic (exact) mass is 416 g/mol. The molecule has 0 radical (unpaired) electrons. The first-order valence-corrected chi connectivity index (χ1v) is 11.4. The predicted molar refractivity (Wildman–Crippen MR) is 113 cm³/mol. The Balaban J connectivity index is 1.74. The molecule has 0 atom stereocenters. The number of likely N-dealkylation sites (N-methyl/N-ethyl adjacent to an activating group) is 1. The van der Waals surface area contributed by atoms with Crippen LogP contribution in [0.2, 0.25) is 0 Å². The molecule has 0 spiro atoms. The summed E-state index contributed by atoms with van der Waals surface area (Å²) in [6.45, 7) is 4.49. The molecular weight excluding hydrogens is 392 g/mol. The van der Waals surface area contributed by atoms with E-state index in [4.69, 9.17) is 0 Å². The highest BCUT2D eigenvalue weighted by molar-refractivity contribution is 7.91. The van der Waals surface area contributed by atoms with Crippen LogP contribution in [0.25, 0.3) is 0 Å². The molecule has 5 nitrogen and oxygen atoms in total. The third-order valence-corrected chi connectivity index (χ3v) is 8.04. The van der Waals surface area contributed by atoms with Crippen molar-refractivity contribution in [3.63, 3.8) is 0 Å². The molecule has 2 heterocycles. The second-order valence-corrected chi connectivity index (χ2v) is 10.0. The molecule has 3 aromatic rings. The van der Waals surface area contributed by atoms with Gasteiger partial charge in [0, 0.05) is 30.5 Å². The Kier molecular flexibility index (Phi) is 6.17. The standard InChI is InChI=1S/C21H24N2O3S2/c1-16-14-19(17(2)23(16)12-11-18-8-5-4-6-9-18)20(24)15-22(3)28(25,26)21-10-7-13-27-21/h4-10,13-14H,11-12,15H2,1-3H3. The maximum Gasteiger partial charge on any atom is 0.252 e. The molecule has 148 valence electrons. The zero-order chi connectivity index (χ0) is 20.3. The summed E-state index contributed by atoms with van der Waals surface area (Å²) in [6, 6.07) is 15.3. The van der Waals surface area contributed by atoms with Crippen LogP contribution < -0.4 is 0 Å². The molecule has 0 amide bonds. The van der Waals surface area contributed by atoms with E-state index >= 15 is 0 Å². The van der Waals surface area contributed by atoms with E-state index in [2.05, 4.69) is 16.7 Å². The molecule has 0 aliphatic rings. The first-order chi connectivity index (χ1) is 13.3. The quantitative estimate of drug-likeness (QED) is 0.523. The highest BCUT2D eigenvalue weighted by Crippen LogP contribution is 2.21. The minimum Gasteiger partial charge on any atom is -0.348 e. The van der Waals surface area contributed by atoms with Gasteiger partial charge in [-0.1, -0.05) is 36.4 Å². The van der Waals surface area contributed by atoms with Crippen molar-refractivity contribution in [2.24, 2.45) is 0 Å². The summed E-state index contributed by atoms with van der Waals surface area (Å²) in [7, 11) is -2.19. The molecular formula is C21H24N2O3S2. The summed E-state index contributed by atoms with van der Waals surface area (Å²) >= 11 is 1.15. The zero-order valence-electron chi connectivity index (χ0n) is 16.3. The Bertz CT molecular complexity index is 1050. The van der Waals surface area contributed by atoms with Gasteiger partial charge < -0.3 is 4.57 Å². The van der Waals surface area contributed by atoms with Gasteiger partial charge in [-0.25, -0.2) is 8.42 Å². The molecule has 28 heavy (non-hydrogen) atoms. The average Bonchev–Trinajstić information content (AvgIpc) is 3.30. The van der Waals surface area contributed by atoms with Crippen molar-refractivity contribution in [2.75, 3.05) is 13.6 Å². The molecule has 0 saturated heterocycles. The number of aromatic nitrogens is 1. The van der Waals surface area contributed by atoms with Gasteiger partial charge in [-0.2, -0.15) is 4.31 Å². The summed E-state index contributed by atoms with van der Waals surface area (Å²) in [5, 5.41) is 1.71. The maximum atomic E-state index is 12.8. The van der Waals surface area contributed by atoms with Crippen LogP contribution in [-0.4, -0.2) is 36.7 Å². The third-order valence-electron chi connectivity index (χ3n) is 4.87. The Hall–Kier alpha value is -2.22. The number of ketones is 1. The van der Waals surface area contributed by atoms with Crippen LogP contribution in [0.5, 0.6) is 0 Å². The smallest absolute Gasteiger partial charge is 0.252 e. The number of carbonyl (C=O) groups excluding carboxylic acids is 1. The SMILES string of the molecule is Cc1cc(C(=O)CN(C)S(=O)(=O)c2cccs2)c(C)n1CCc1ccccc1. The van der Waals surface area contributed by atoms with Crippen LogP contribution in [0.4, 0.5) is 0 Å². The lowest BCUT2D eigenvalue weighted by Gasteiger charge is -2.15. The van der Waals surface area contributed by atoms with Crippen molar-refractivity contribution in [1.29, 1.82) is 0 Å². The number of nitrogens with zero attached hydrogens (tertiary/aromatic N) is 2. The molecule has 3 rings (SSSR count). The van der Waals surface area contributed by atoms with E-state index in [0.717, 1.165) is 40.0 Å². The van der Waals surface area contributed by atoms with Gasteiger partial charge in [-0.05, 0) is 43.3 Å². The van der Waals surface area contributed by atoms with Gasteiger partial charge in [0.25, 0.3) is 10.0 Å². The van der Waals surface area contributed by atoms with Crippen molar-refractivity contribution >= 4 is 27.1 Å². The molecule has 1 aromatic carbocycles. The van der Waals surface area contributed by atoms with Gasteiger partial charge in [-0.15, -0.1) is 11.3 Å². The van der Waals surface area contributed by atoms with Crippen LogP contribution in [0, 0.1) is 13.8 Å². The van der Waals surface area contributed by atoms with Gasteiger partial charge in [0.15, 0.2) is 5.78 Å². The molecule has 2 aromatic heterocycles. The second-order valence-electron chi connectivity index (χ2n) is 6.79. The van der Waals surface area contributed by atoms with E-state index in [-0.39, 0.29) is 16.5 Å². The molecule has 0 unspecified atom stereocenters. The lowest BCUT2D eigenvalue weighted by atomic mass is 10.1. The number of rotatable bonds is 8. The topological polar surface area (TPSA) is 59.4 Å². The van der Waals surface area contributed by atoms with Crippen molar-refractivity contribution in [3.8, 4) is 0 Å². The Morgan fingerprint density at radius 3 is 2.46 bits per heavy atom. The number of carbonyl (C=O) groups is 1. The molecule has 0 N–H and O–H groups in total. The van der Waals surface area contributed by atoms with Crippen LogP contribution >= 0.6 is 11.3 Å². The van der Waals surface area contributed by atoms with E-state index in [9.17, 15) is 13.2 Å². The normalized spacial score (nSPS) is 11.9. The lowest BCUT2D eigenvalue weighted by Crippen LogP contribution is -2.32. The van der Waals surface area contributed by atoms with Gasteiger partial charge in [-0.3, -0.25) is 4.79 Å². The average molecular weight is 417 g/mol. The lowest BCUT2D eigenvalue weighted by molar-refractivity contribution is 0.0972. The highest BCUT2D eigenvalue weighted by atomic mass is 32.2. The maximum absolute atomic E-state index is 12.8. The number of hydrogen-bond donors (Lipinski definition) is 0. The number of benzene rings is 1. The van der Waals surface area contributed by atoms with Gasteiger partial charge in [0.2, 0.25) is 0 Å². The molecule has 0 bridgehead atoms. The van der Waals surface area contributed by atoms with Crippen molar-refractivity contribution in [1.82, 2.24) is 8.87 Å². The molecule has 0 saturated carbocycles. The first kappa shape index (κ1) is 20.5. The summed E-state index contributed by atoms with van der Waals surface area (Å²) in [5.74, 6) is -0.193. The summed E-state index contributed by atoms with van der Waals surface area (Å²) < 4.78 is 28.6. The van der Waals surface area contributed by atoms with Crippen molar-refractivity contribution < 1.29 is 13.2 Å². The summed E-state index contributed by atoms with van der Waals surface area (Å²) in [4.78, 5) is 12.8. The van der Waals surface area contributed by atoms with Crippen LogP contribution in [-0.2, 0) is 23.0 Å². The summed E-state index contributed by atoms with van der Waals surface area (Å²) in [5.41, 5.74) is 3.70. The largest absolute Gasteiger partial charge is 0.348 e. The van der Waals surface area contributed by atoms with E-state index in [1.807, 2.05) is 38.1 Å². The number of aryl methyl sites for hydroxylation is 2. The third kappa shape index (κ3) is 4.27. The van der Waals surface area contributed by atoms with Crippen molar-refractivity contribution in [3.05, 3.63) is 76.4 Å². The van der Waals surface area contributed by atoms with Gasteiger partial charge in [0.05, 0.1) is 6.54 Å². The number of hydrogen-bond acceptors (Lipinski definition) is 4. The van der Waals surface area contributed by atoms with Gasteiger partial charge in [0.1, 0.15) is 4.21 Å². The molecule has 0 aliphatic carbocycles. The molecule has 0 aliphatic heterocycles. The van der Waals surface area contributed by atoms with Crippen LogP contribution in [0.1, 0.15) is 27.3 Å². The Labute approximate surface area is 170 Å². The number of sulfonamides is 1. The fourth-order valence-electron chi connectivity index (χ4n) is 3.25. The van der Waals surface area contributed by atoms with Crippen LogP contribution in [0.3, 0.4) is 0 Å². The molecule has 7 heteroatoms. The highest BCUT2D eigenvalue weighted by Gasteiger charge is 2.25. The van der Waals surface area contributed by atoms with E-state index in [1.165, 1.54) is 12.6 Å². The predicted octanol–water partition coefficient (Wildman–Crippen LogP) is 3.91. The van der Waals surface area contributed by atoms with E-state index in [1.54, 1.807) is 17.5 Å². The van der Waals surface area contributed by atoms with Crippen LogP contribution in [0.15, 0.2) is 58.1 Å². The zero-order valence-corrected chi connectivity index (χ0v) is 17.9. The fourth-order valence-corrected chi connectivity index (χ4v) is 5.58. The fraction of sp³-hybridized carbons (Fsp3) is 0.286. The van der Waals surface area contributed by atoms with Gasteiger partial charge >= 0.3 is 0 Å². The van der Waals surface area contributed by atoms with Crippen molar-refractivity contribution in [2.45, 2.75) is 31.0 Å². The first-order valence-electron chi connectivity index (χ1n) is 9.04. The Morgan fingerprint density at radius 1 is 1.11 bits per heavy atom. The number of thiophene rings is 1. The molecule has 0 fully saturated rings. The second kappa shape index (κ2) is 8.43.